The molecule has 0 bridgehead atoms. The van der Waals surface area contributed by atoms with E-state index in [0.717, 1.165) is 22.3 Å². The predicted molar refractivity (Wildman–Crippen MR) is 135 cm³/mol. The third kappa shape index (κ3) is 5.84. The van der Waals surface area contributed by atoms with Gasteiger partial charge in [-0.05, 0) is 54.9 Å². The van der Waals surface area contributed by atoms with Crippen molar-refractivity contribution >= 4 is 18.0 Å². The van der Waals surface area contributed by atoms with Crippen LogP contribution in [0.2, 0.25) is 0 Å². The van der Waals surface area contributed by atoms with E-state index in [1.54, 1.807) is 4.90 Å². The zero-order valence-electron chi connectivity index (χ0n) is 20.9. The predicted octanol–water partition coefficient (Wildman–Crippen LogP) is 5.19. The Balaban J connectivity index is 1.66. The minimum atomic E-state index is -1.06. The average molecular weight is 481 g/mol. The van der Waals surface area contributed by atoms with Crippen molar-refractivity contribution in [2.75, 3.05) is 19.7 Å². The highest BCUT2D eigenvalue weighted by Gasteiger charge is 2.40. The van der Waals surface area contributed by atoms with Gasteiger partial charge < -0.3 is 20.1 Å². The maximum atomic E-state index is 13.4. The second-order valence-electron chi connectivity index (χ2n) is 8.98. The number of likely N-dealkylation sites (N-methyl/N-ethyl adjacent to an activating group) is 1. The van der Waals surface area contributed by atoms with E-state index in [0.29, 0.717) is 38.8 Å². The molecule has 2 N–H and O–H groups in total. The van der Waals surface area contributed by atoms with Crippen molar-refractivity contribution in [1.82, 2.24) is 10.2 Å². The summed E-state index contributed by atoms with van der Waals surface area (Å²) >= 11 is 0. The third-order valence-electron chi connectivity index (χ3n) is 7.04. The highest BCUT2D eigenvalue weighted by Crippen LogP contribution is 2.44. The lowest BCUT2D eigenvalue weighted by Gasteiger charge is -2.36. The molecule has 0 aromatic heterocycles. The number of carbonyl (C=O) groups is 3. The zero-order valence-corrected chi connectivity index (χ0v) is 20.9. The molecule has 0 heterocycles. The van der Waals surface area contributed by atoms with Crippen molar-refractivity contribution in [3.8, 4) is 11.1 Å². The number of nitrogens with zero attached hydrogens (tertiary/aromatic N) is 1. The summed E-state index contributed by atoms with van der Waals surface area (Å²) in [5.74, 6) is -1.05. The van der Waals surface area contributed by atoms with Gasteiger partial charge in [0.15, 0.2) is 0 Å². The number of carbonyl (C=O) groups excluding carboxylic acids is 2. The van der Waals surface area contributed by atoms with Gasteiger partial charge >= 0.3 is 12.1 Å². The molecule has 35 heavy (non-hydrogen) atoms. The number of benzene rings is 2. The van der Waals surface area contributed by atoms with Crippen LogP contribution in [0.25, 0.3) is 11.1 Å². The second kappa shape index (κ2) is 11.9. The number of hydrogen-bond donors (Lipinski definition) is 2. The first-order chi connectivity index (χ1) is 16.9. The summed E-state index contributed by atoms with van der Waals surface area (Å²) in [6.07, 6.45) is 1.43. The second-order valence-corrected chi connectivity index (χ2v) is 8.98. The molecule has 7 heteroatoms. The summed E-state index contributed by atoms with van der Waals surface area (Å²) in [6.45, 7) is 6.77. The van der Waals surface area contributed by atoms with Crippen LogP contribution in [-0.2, 0) is 14.3 Å². The zero-order chi connectivity index (χ0) is 25.4. The molecule has 7 nitrogen and oxygen atoms in total. The maximum Gasteiger partial charge on any atom is 0.408 e. The van der Waals surface area contributed by atoms with Crippen LogP contribution in [0.5, 0.6) is 0 Å². The average Bonchev–Trinajstić information content (AvgIpc) is 3.19. The number of carboxylic acids is 1. The van der Waals surface area contributed by atoms with Gasteiger partial charge in [-0.15, -0.1) is 0 Å². The van der Waals surface area contributed by atoms with Crippen LogP contribution in [-0.4, -0.2) is 53.2 Å². The largest absolute Gasteiger partial charge is 0.481 e. The molecule has 2 aromatic rings. The van der Waals surface area contributed by atoms with E-state index in [1.165, 1.54) is 0 Å². The van der Waals surface area contributed by atoms with E-state index in [1.807, 2.05) is 45.0 Å². The maximum absolute atomic E-state index is 13.4. The Morgan fingerprint density at radius 3 is 2.03 bits per heavy atom. The Hall–Kier alpha value is -3.35. The number of ether oxygens (including phenoxy) is 1. The summed E-state index contributed by atoms with van der Waals surface area (Å²) < 4.78 is 5.70. The van der Waals surface area contributed by atoms with Crippen LogP contribution in [0.15, 0.2) is 48.5 Å². The SMILES string of the molecule is CCN(CCCCC(=O)O)C(=O)C(CC)(CC)NC(=O)OCC1c2ccccc2-c2ccccc21. The molecule has 188 valence electrons. The van der Waals surface area contributed by atoms with E-state index in [4.69, 9.17) is 9.84 Å². The summed E-state index contributed by atoms with van der Waals surface area (Å²) in [5, 5.41) is 11.7. The fourth-order valence-electron chi connectivity index (χ4n) is 4.90. The number of rotatable bonds is 12. The first kappa shape index (κ1) is 26.3. The lowest BCUT2D eigenvalue weighted by Crippen LogP contribution is -2.59. The van der Waals surface area contributed by atoms with Crippen LogP contribution < -0.4 is 5.32 Å². The van der Waals surface area contributed by atoms with Crippen LogP contribution >= 0.6 is 0 Å². The van der Waals surface area contributed by atoms with Crippen LogP contribution in [0.3, 0.4) is 0 Å². The normalized spacial score (nSPS) is 12.5. The van der Waals surface area contributed by atoms with Crippen LogP contribution in [0.1, 0.15) is 69.9 Å². The third-order valence-corrected chi connectivity index (χ3v) is 7.04. The molecular formula is C28H36N2O5. The van der Waals surface area contributed by atoms with Crippen molar-refractivity contribution in [3.63, 3.8) is 0 Å². The molecule has 2 amide bonds. The summed E-state index contributed by atoms with van der Waals surface area (Å²) in [7, 11) is 0. The lowest BCUT2D eigenvalue weighted by atomic mass is 9.91. The van der Waals surface area contributed by atoms with Crippen molar-refractivity contribution in [1.29, 1.82) is 0 Å². The summed E-state index contributed by atoms with van der Waals surface area (Å²) in [6, 6.07) is 16.3. The van der Waals surface area contributed by atoms with Crippen molar-refractivity contribution in [2.24, 2.45) is 0 Å². The van der Waals surface area contributed by atoms with E-state index < -0.39 is 17.6 Å². The standard InChI is InChI=1S/C28H36N2O5/c1-4-28(5-2,26(33)30(6-3)18-12-11-17-25(31)32)29-27(34)35-19-24-22-15-9-7-13-20(22)21-14-8-10-16-23(21)24/h7-10,13-16,24H,4-6,11-12,17-19H2,1-3H3,(H,29,34)(H,31,32). The Bertz CT molecular complexity index is 1000. The molecule has 3 rings (SSSR count). The quantitative estimate of drug-likeness (QED) is 0.408. The fraction of sp³-hybridized carbons (Fsp3) is 0.464. The number of aliphatic carboxylic acids is 1. The van der Waals surface area contributed by atoms with Gasteiger partial charge in [-0.1, -0.05) is 62.4 Å². The van der Waals surface area contributed by atoms with Gasteiger partial charge in [-0.2, -0.15) is 0 Å². The first-order valence-electron chi connectivity index (χ1n) is 12.5. The number of carboxylic acid groups (broad SMARTS) is 1. The van der Waals surface area contributed by atoms with Crippen molar-refractivity contribution < 1.29 is 24.2 Å². The number of amides is 2. The van der Waals surface area contributed by atoms with Gasteiger partial charge in [-0.3, -0.25) is 9.59 Å². The molecule has 0 atom stereocenters. The molecule has 1 aliphatic carbocycles. The molecule has 0 aliphatic heterocycles. The minimum Gasteiger partial charge on any atom is -0.481 e. The molecule has 0 saturated carbocycles. The topological polar surface area (TPSA) is 95.9 Å². The van der Waals surface area contributed by atoms with E-state index >= 15 is 0 Å². The van der Waals surface area contributed by atoms with Gasteiger partial charge in [0, 0.05) is 25.4 Å². The van der Waals surface area contributed by atoms with Crippen molar-refractivity contribution in [2.45, 2.75) is 64.3 Å². The van der Waals surface area contributed by atoms with Crippen LogP contribution in [0, 0.1) is 0 Å². The fourth-order valence-corrected chi connectivity index (χ4v) is 4.90. The summed E-state index contributed by atoms with van der Waals surface area (Å²) in [5.41, 5.74) is 3.52. The molecule has 0 spiro atoms. The van der Waals surface area contributed by atoms with Gasteiger partial charge in [0.05, 0.1) is 0 Å². The minimum absolute atomic E-state index is 0.0529. The van der Waals surface area contributed by atoms with Gasteiger partial charge in [0.2, 0.25) is 5.91 Å². The Labute approximate surface area is 207 Å². The highest BCUT2D eigenvalue weighted by molar-refractivity contribution is 5.90. The monoisotopic (exact) mass is 480 g/mol. The van der Waals surface area contributed by atoms with Gasteiger partial charge in [0.25, 0.3) is 0 Å². The molecule has 0 saturated heterocycles. The van der Waals surface area contributed by atoms with Gasteiger partial charge in [0.1, 0.15) is 12.1 Å². The van der Waals surface area contributed by atoms with Gasteiger partial charge in [-0.25, -0.2) is 4.79 Å². The molecular weight excluding hydrogens is 444 g/mol. The highest BCUT2D eigenvalue weighted by atomic mass is 16.5. The smallest absolute Gasteiger partial charge is 0.408 e. The number of unbranched alkanes of at least 4 members (excludes halogenated alkanes) is 1. The van der Waals surface area contributed by atoms with E-state index in [-0.39, 0.29) is 24.9 Å². The molecule has 0 unspecified atom stereocenters. The Morgan fingerprint density at radius 2 is 1.51 bits per heavy atom. The first-order valence-corrected chi connectivity index (χ1v) is 12.5. The number of nitrogens with one attached hydrogen (secondary N) is 1. The van der Waals surface area contributed by atoms with E-state index in [2.05, 4.69) is 29.6 Å². The molecule has 0 radical (unpaired) electrons. The number of hydrogen-bond acceptors (Lipinski definition) is 4. The summed E-state index contributed by atoms with van der Waals surface area (Å²) in [4.78, 5) is 38.9. The van der Waals surface area contributed by atoms with Crippen LogP contribution in [0.4, 0.5) is 4.79 Å². The van der Waals surface area contributed by atoms with Crippen molar-refractivity contribution in [3.05, 3.63) is 59.7 Å². The molecule has 2 aromatic carbocycles. The Morgan fingerprint density at radius 1 is 0.943 bits per heavy atom. The lowest BCUT2D eigenvalue weighted by molar-refractivity contribution is -0.138. The number of alkyl carbamates (subject to hydrolysis) is 1. The number of fused-ring (bicyclic) bond motifs is 3. The molecule has 1 aliphatic rings. The van der Waals surface area contributed by atoms with E-state index in [9.17, 15) is 14.4 Å². The Kier molecular flexibility index (Phi) is 8.90. The molecule has 0 fully saturated rings.